The van der Waals surface area contributed by atoms with Gasteiger partial charge in [-0.3, -0.25) is 14.7 Å². The van der Waals surface area contributed by atoms with Crippen molar-refractivity contribution >= 4 is 35.8 Å². The van der Waals surface area contributed by atoms with Crippen LogP contribution in [-0.4, -0.2) is 80.7 Å². The first kappa shape index (κ1) is 26.9. The topological polar surface area (TPSA) is 69.2 Å². The molecule has 0 aliphatic carbocycles. The number of nitrogens with one attached hydrogen (secondary N) is 2. The zero-order valence-corrected chi connectivity index (χ0v) is 22.1. The van der Waals surface area contributed by atoms with Crippen LogP contribution in [0.3, 0.4) is 0 Å². The van der Waals surface area contributed by atoms with E-state index in [1.807, 2.05) is 11.0 Å². The van der Waals surface area contributed by atoms with Gasteiger partial charge in [-0.05, 0) is 23.5 Å². The summed E-state index contributed by atoms with van der Waals surface area (Å²) >= 11 is 0. The van der Waals surface area contributed by atoms with Crippen LogP contribution in [0, 0.1) is 5.92 Å². The first-order valence-corrected chi connectivity index (χ1v) is 11.8. The summed E-state index contributed by atoms with van der Waals surface area (Å²) in [5.41, 5.74) is 2.61. The predicted molar refractivity (Wildman–Crippen MR) is 141 cm³/mol. The van der Waals surface area contributed by atoms with Crippen LogP contribution >= 0.6 is 24.0 Å². The number of rotatable bonds is 8. The molecular weight excluding hydrogens is 517 g/mol. The number of guanidine groups is 1. The van der Waals surface area contributed by atoms with Crippen molar-refractivity contribution in [3.63, 3.8) is 0 Å². The molecule has 0 saturated carbocycles. The van der Waals surface area contributed by atoms with Crippen molar-refractivity contribution < 1.29 is 9.53 Å². The Hall–Kier alpha value is -1.39. The number of halogens is 1. The van der Waals surface area contributed by atoms with Crippen LogP contribution in [0.1, 0.15) is 37.8 Å². The number of morpholine rings is 1. The third-order valence-electron chi connectivity index (χ3n) is 6.70. The zero-order chi connectivity index (χ0) is 22.1. The van der Waals surface area contributed by atoms with Crippen LogP contribution in [0.4, 0.5) is 0 Å². The molecule has 0 spiro atoms. The summed E-state index contributed by atoms with van der Waals surface area (Å²) in [6, 6.07) is 8.82. The van der Waals surface area contributed by atoms with Gasteiger partial charge in [-0.2, -0.15) is 0 Å². The Bertz CT molecular complexity index is 735. The van der Waals surface area contributed by atoms with Gasteiger partial charge >= 0.3 is 0 Å². The van der Waals surface area contributed by atoms with E-state index in [-0.39, 0.29) is 36.4 Å². The quantitative estimate of drug-likeness (QED) is 0.292. The lowest BCUT2D eigenvalue weighted by Gasteiger charge is -2.39. The Morgan fingerprint density at radius 3 is 2.44 bits per heavy atom. The van der Waals surface area contributed by atoms with Crippen molar-refractivity contribution in [2.75, 3.05) is 53.0 Å². The molecule has 1 saturated heterocycles. The van der Waals surface area contributed by atoms with Crippen LogP contribution in [0.2, 0.25) is 0 Å². The fraction of sp³-hybridized carbons (Fsp3) is 0.667. The molecule has 1 aromatic carbocycles. The van der Waals surface area contributed by atoms with E-state index in [0.717, 1.165) is 58.7 Å². The number of carbonyl (C=O) groups excluding carboxylic acids is 1. The molecular formula is C24H40IN5O2. The average molecular weight is 558 g/mol. The Kier molecular flexibility index (Phi) is 11.7. The molecule has 3 rings (SSSR count). The van der Waals surface area contributed by atoms with Crippen molar-refractivity contribution in [2.24, 2.45) is 10.9 Å². The number of fused-ring (bicyclic) bond motifs is 1. The van der Waals surface area contributed by atoms with Crippen molar-refractivity contribution in [3.8, 4) is 0 Å². The molecule has 32 heavy (non-hydrogen) atoms. The molecule has 2 N–H and O–H groups in total. The highest BCUT2D eigenvalue weighted by atomic mass is 127. The number of aliphatic imine (C=N–C) groups is 1. The highest BCUT2D eigenvalue weighted by Gasteiger charge is 2.27. The van der Waals surface area contributed by atoms with Gasteiger partial charge in [0.05, 0.1) is 19.8 Å². The number of hydrogen-bond acceptors (Lipinski definition) is 4. The number of ether oxygens (including phenoxy) is 1. The van der Waals surface area contributed by atoms with E-state index in [4.69, 9.17) is 4.74 Å². The molecule has 0 bridgehead atoms. The van der Waals surface area contributed by atoms with E-state index in [2.05, 4.69) is 52.6 Å². The van der Waals surface area contributed by atoms with E-state index < -0.39 is 0 Å². The number of carbonyl (C=O) groups is 1. The molecule has 7 nitrogen and oxygen atoms in total. The minimum Gasteiger partial charge on any atom is -0.379 e. The molecule has 2 heterocycles. The van der Waals surface area contributed by atoms with Gasteiger partial charge in [0.15, 0.2) is 5.96 Å². The van der Waals surface area contributed by atoms with Gasteiger partial charge in [0, 0.05) is 45.8 Å². The lowest BCUT2D eigenvalue weighted by atomic mass is 9.92. The largest absolute Gasteiger partial charge is 0.379 e. The Labute approximate surface area is 210 Å². The summed E-state index contributed by atoms with van der Waals surface area (Å²) in [5, 5.41) is 6.70. The minimum atomic E-state index is 0. The molecule has 180 valence electrons. The SMILES string of the molecule is CCC(CC)C(CNC(=NC)NCC(=O)N1CCc2ccccc2C1)N1CCOCC1.I. The van der Waals surface area contributed by atoms with Crippen LogP contribution in [0.25, 0.3) is 0 Å². The minimum absolute atomic E-state index is 0. The average Bonchev–Trinajstić information content (AvgIpc) is 2.83. The lowest BCUT2D eigenvalue weighted by molar-refractivity contribution is -0.130. The fourth-order valence-corrected chi connectivity index (χ4v) is 4.74. The van der Waals surface area contributed by atoms with E-state index in [0.29, 0.717) is 24.5 Å². The molecule has 0 radical (unpaired) electrons. The smallest absolute Gasteiger partial charge is 0.242 e. The third-order valence-corrected chi connectivity index (χ3v) is 6.70. The van der Waals surface area contributed by atoms with Crippen molar-refractivity contribution in [3.05, 3.63) is 35.4 Å². The second-order valence-corrected chi connectivity index (χ2v) is 8.43. The Balaban J connectivity index is 0.00000363. The summed E-state index contributed by atoms with van der Waals surface area (Å²) < 4.78 is 5.55. The first-order chi connectivity index (χ1) is 15.2. The second kappa shape index (κ2) is 14.0. The molecule has 1 amide bonds. The molecule has 8 heteroatoms. The number of benzene rings is 1. The first-order valence-electron chi connectivity index (χ1n) is 11.8. The van der Waals surface area contributed by atoms with Crippen molar-refractivity contribution in [1.82, 2.24) is 20.4 Å². The third kappa shape index (κ3) is 7.31. The van der Waals surface area contributed by atoms with Crippen LogP contribution in [-0.2, 0) is 22.5 Å². The summed E-state index contributed by atoms with van der Waals surface area (Å²) in [6.07, 6.45) is 3.23. The van der Waals surface area contributed by atoms with E-state index >= 15 is 0 Å². The standard InChI is InChI=1S/C24H39N5O2.HI/c1-4-19(5-2)22(28-12-14-31-15-13-28)16-26-24(25-3)27-17-23(30)29-11-10-20-8-6-7-9-21(20)18-29;/h6-9,19,22H,4-5,10-18H2,1-3H3,(H2,25,26,27);1H. The monoisotopic (exact) mass is 557 g/mol. The zero-order valence-electron chi connectivity index (χ0n) is 19.8. The Morgan fingerprint density at radius 2 is 1.78 bits per heavy atom. The van der Waals surface area contributed by atoms with Crippen LogP contribution < -0.4 is 10.6 Å². The fourth-order valence-electron chi connectivity index (χ4n) is 4.74. The highest BCUT2D eigenvalue weighted by molar-refractivity contribution is 14.0. The number of hydrogen-bond donors (Lipinski definition) is 2. The van der Waals surface area contributed by atoms with Crippen LogP contribution in [0.5, 0.6) is 0 Å². The van der Waals surface area contributed by atoms with E-state index in [9.17, 15) is 4.79 Å². The van der Waals surface area contributed by atoms with Crippen molar-refractivity contribution in [1.29, 1.82) is 0 Å². The summed E-state index contributed by atoms with van der Waals surface area (Å²) in [7, 11) is 1.76. The second-order valence-electron chi connectivity index (χ2n) is 8.43. The molecule has 1 unspecified atom stereocenters. The molecule has 0 aromatic heterocycles. The molecule has 1 atom stereocenters. The molecule has 2 aliphatic rings. The number of amides is 1. The highest BCUT2D eigenvalue weighted by Crippen LogP contribution is 2.20. The van der Waals surface area contributed by atoms with Crippen LogP contribution in [0.15, 0.2) is 29.3 Å². The van der Waals surface area contributed by atoms with Gasteiger partial charge in [-0.1, -0.05) is 51.0 Å². The van der Waals surface area contributed by atoms with Gasteiger partial charge in [0.1, 0.15) is 0 Å². The maximum atomic E-state index is 12.8. The Morgan fingerprint density at radius 1 is 1.09 bits per heavy atom. The summed E-state index contributed by atoms with van der Waals surface area (Å²) in [5.74, 6) is 1.43. The molecule has 1 aromatic rings. The van der Waals surface area contributed by atoms with E-state index in [1.165, 1.54) is 11.1 Å². The summed E-state index contributed by atoms with van der Waals surface area (Å²) in [4.78, 5) is 21.6. The van der Waals surface area contributed by atoms with Crippen molar-refractivity contribution in [2.45, 2.75) is 45.7 Å². The lowest BCUT2D eigenvalue weighted by Crippen LogP contribution is -2.54. The maximum Gasteiger partial charge on any atom is 0.242 e. The normalized spacial score (nSPS) is 18.0. The van der Waals surface area contributed by atoms with Gasteiger partial charge < -0.3 is 20.3 Å². The number of nitrogens with zero attached hydrogens (tertiary/aromatic N) is 3. The van der Waals surface area contributed by atoms with Gasteiger partial charge in [0.2, 0.25) is 5.91 Å². The van der Waals surface area contributed by atoms with E-state index in [1.54, 1.807) is 7.05 Å². The maximum absolute atomic E-state index is 12.8. The molecule has 1 fully saturated rings. The van der Waals surface area contributed by atoms with Gasteiger partial charge in [0.25, 0.3) is 0 Å². The summed E-state index contributed by atoms with van der Waals surface area (Å²) in [6.45, 7) is 10.6. The van der Waals surface area contributed by atoms with Gasteiger partial charge in [-0.15, -0.1) is 24.0 Å². The predicted octanol–water partition coefficient (Wildman–Crippen LogP) is 2.49. The van der Waals surface area contributed by atoms with Gasteiger partial charge in [-0.25, -0.2) is 0 Å². The molecule has 2 aliphatic heterocycles.